The first kappa shape index (κ1) is 12.9. The van der Waals surface area contributed by atoms with Gasteiger partial charge in [0.15, 0.2) is 0 Å². The van der Waals surface area contributed by atoms with Gasteiger partial charge in [-0.1, -0.05) is 6.92 Å². The number of pyridine rings is 1. The molecule has 1 aromatic rings. The summed E-state index contributed by atoms with van der Waals surface area (Å²) in [6.07, 6.45) is 2.27. The summed E-state index contributed by atoms with van der Waals surface area (Å²) in [5, 5.41) is 0. The Labute approximate surface area is 96.5 Å². The summed E-state index contributed by atoms with van der Waals surface area (Å²) in [6.45, 7) is 7.49. The van der Waals surface area contributed by atoms with Gasteiger partial charge in [-0.2, -0.15) is 0 Å². The summed E-state index contributed by atoms with van der Waals surface area (Å²) >= 11 is 0. The first-order valence-electron chi connectivity index (χ1n) is 5.75. The van der Waals surface area contributed by atoms with E-state index < -0.39 is 0 Å². The fraction of sp³-hybridized carbons (Fsp3) is 0.583. The second kappa shape index (κ2) is 5.80. The van der Waals surface area contributed by atoms with E-state index in [1.165, 1.54) is 12.3 Å². The zero-order valence-electron chi connectivity index (χ0n) is 10.2. The van der Waals surface area contributed by atoms with Gasteiger partial charge in [0.25, 0.3) is 0 Å². The van der Waals surface area contributed by atoms with E-state index in [4.69, 9.17) is 5.73 Å². The van der Waals surface area contributed by atoms with Crippen molar-refractivity contribution in [1.82, 2.24) is 4.98 Å². The molecule has 0 bridgehead atoms. The summed E-state index contributed by atoms with van der Waals surface area (Å²) in [4.78, 5) is 6.31. The molecule has 16 heavy (non-hydrogen) atoms. The van der Waals surface area contributed by atoms with E-state index in [0.717, 1.165) is 24.3 Å². The SMILES string of the molecule is CCC(C)N(CC)c1ncc(F)cc1CN. The summed E-state index contributed by atoms with van der Waals surface area (Å²) < 4.78 is 13.0. The minimum atomic E-state index is -0.329. The molecular formula is C12H20FN3. The molecule has 0 saturated carbocycles. The fourth-order valence-corrected chi connectivity index (χ4v) is 1.77. The van der Waals surface area contributed by atoms with E-state index in [9.17, 15) is 4.39 Å². The number of aromatic nitrogens is 1. The van der Waals surface area contributed by atoms with Crippen molar-refractivity contribution in [3.8, 4) is 0 Å². The van der Waals surface area contributed by atoms with E-state index in [-0.39, 0.29) is 5.82 Å². The first-order valence-corrected chi connectivity index (χ1v) is 5.75. The van der Waals surface area contributed by atoms with Crippen LogP contribution in [0.4, 0.5) is 10.2 Å². The van der Waals surface area contributed by atoms with Crippen LogP contribution in [-0.4, -0.2) is 17.6 Å². The highest BCUT2D eigenvalue weighted by atomic mass is 19.1. The van der Waals surface area contributed by atoms with Crippen molar-refractivity contribution in [2.75, 3.05) is 11.4 Å². The van der Waals surface area contributed by atoms with Gasteiger partial charge in [-0.05, 0) is 26.3 Å². The van der Waals surface area contributed by atoms with Gasteiger partial charge in [0.2, 0.25) is 0 Å². The topological polar surface area (TPSA) is 42.2 Å². The van der Waals surface area contributed by atoms with Crippen LogP contribution in [0.3, 0.4) is 0 Å². The predicted octanol–water partition coefficient (Wildman–Crippen LogP) is 2.30. The third kappa shape index (κ3) is 2.70. The highest BCUT2D eigenvalue weighted by Gasteiger charge is 2.15. The molecule has 0 aliphatic heterocycles. The Morgan fingerprint density at radius 2 is 2.19 bits per heavy atom. The molecule has 0 aliphatic rings. The molecule has 1 atom stereocenters. The minimum absolute atomic E-state index is 0.313. The Balaban J connectivity index is 3.08. The number of hydrogen-bond donors (Lipinski definition) is 1. The summed E-state index contributed by atoms with van der Waals surface area (Å²) in [6, 6.07) is 1.85. The van der Waals surface area contributed by atoms with E-state index in [1.807, 2.05) is 0 Å². The number of halogens is 1. The van der Waals surface area contributed by atoms with Crippen LogP contribution in [0.5, 0.6) is 0 Å². The van der Waals surface area contributed by atoms with E-state index in [1.54, 1.807) is 0 Å². The van der Waals surface area contributed by atoms with E-state index in [2.05, 4.69) is 30.7 Å². The van der Waals surface area contributed by atoms with Gasteiger partial charge in [-0.25, -0.2) is 9.37 Å². The fourth-order valence-electron chi connectivity index (χ4n) is 1.77. The molecule has 0 spiro atoms. The Morgan fingerprint density at radius 1 is 1.50 bits per heavy atom. The van der Waals surface area contributed by atoms with Crippen molar-refractivity contribution < 1.29 is 4.39 Å². The highest BCUT2D eigenvalue weighted by molar-refractivity contribution is 5.47. The quantitative estimate of drug-likeness (QED) is 0.836. The van der Waals surface area contributed by atoms with Gasteiger partial charge in [-0.15, -0.1) is 0 Å². The van der Waals surface area contributed by atoms with E-state index in [0.29, 0.717) is 12.6 Å². The summed E-state index contributed by atoms with van der Waals surface area (Å²) in [5.74, 6) is 0.477. The Kier molecular flexibility index (Phi) is 4.68. The maximum atomic E-state index is 13.0. The second-order valence-corrected chi connectivity index (χ2v) is 3.88. The van der Waals surface area contributed by atoms with Gasteiger partial charge in [0, 0.05) is 24.7 Å². The van der Waals surface area contributed by atoms with Crippen molar-refractivity contribution in [1.29, 1.82) is 0 Å². The maximum Gasteiger partial charge on any atom is 0.141 e. The third-order valence-electron chi connectivity index (χ3n) is 2.87. The van der Waals surface area contributed by atoms with E-state index >= 15 is 0 Å². The normalized spacial score (nSPS) is 12.6. The molecule has 2 N–H and O–H groups in total. The lowest BCUT2D eigenvalue weighted by Gasteiger charge is -2.29. The number of hydrogen-bond acceptors (Lipinski definition) is 3. The molecule has 4 heteroatoms. The Bertz CT molecular complexity index is 341. The van der Waals surface area contributed by atoms with Crippen molar-refractivity contribution in [2.24, 2.45) is 5.73 Å². The second-order valence-electron chi connectivity index (χ2n) is 3.88. The highest BCUT2D eigenvalue weighted by Crippen LogP contribution is 2.21. The number of anilines is 1. The number of nitrogens with zero attached hydrogens (tertiary/aromatic N) is 2. The van der Waals surface area contributed by atoms with Gasteiger partial charge >= 0.3 is 0 Å². The largest absolute Gasteiger partial charge is 0.354 e. The van der Waals surface area contributed by atoms with Crippen molar-refractivity contribution in [3.63, 3.8) is 0 Å². The van der Waals surface area contributed by atoms with Crippen LogP contribution in [0, 0.1) is 5.82 Å². The average Bonchev–Trinajstić information content (AvgIpc) is 2.31. The van der Waals surface area contributed by atoms with Crippen LogP contribution in [-0.2, 0) is 6.54 Å². The molecule has 90 valence electrons. The minimum Gasteiger partial charge on any atom is -0.354 e. The number of nitrogens with two attached hydrogens (primary N) is 1. The van der Waals surface area contributed by atoms with Gasteiger partial charge < -0.3 is 10.6 Å². The molecule has 0 radical (unpaired) electrons. The van der Waals surface area contributed by atoms with Gasteiger partial charge in [0.05, 0.1) is 6.20 Å². The van der Waals surface area contributed by atoms with Crippen LogP contribution in [0.25, 0.3) is 0 Å². The van der Waals surface area contributed by atoms with Crippen LogP contribution in [0.1, 0.15) is 32.8 Å². The average molecular weight is 225 g/mol. The van der Waals surface area contributed by atoms with Crippen LogP contribution < -0.4 is 10.6 Å². The molecule has 1 aromatic heterocycles. The smallest absolute Gasteiger partial charge is 0.141 e. The zero-order valence-corrected chi connectivity index (χ0v) is 10.2. The molecule has 0 saturated heterocycles. The monoisotopic (exact) mass is 225 g/mol. The summed E-state index contributed by atoms with van der Waals surface area (Å²) in [7, 11) is 0. The van der Waals surface area contributed by atoms with Crippen LogP contribution >= 0.6 is 0 Å². The molecule has 0 aromatic carbocycles. The number of rotatable bonds is 5. The van der Waals surface area contributed by atoms with Crippen molar-refractivity contribution in [2.45, 2.75) is 39.8 Å². The summed E-state index contributed by atoms with van der Waals surface area (Å²) in [5.41, 5.74) is 6.39. The molecule has 0 aliphatic carbocycles. The lowest BCUT2D eigenvalue weighted by atomic mass is 10.1. The Hall–Kier alpha value is -1.16. The molecule has 0 fully saturated rings. The molecule has 1 heterocycles. The van der Waals surface area contributed by atoms with Crippen LogP contribution in [0.2, 0.25) is 0 Å². The molecule has 0 amide bonds. The molecule has 1 unspecified atom stereocenters. The van der Waals surface area contributed by atoms with Gasteiger partial charge in [0.1, 0.15) is 11.6 Å². The zero-order chi connectivity index (χ0) is 12.1. The third-order valence-corrected chi connectivity index (χ3v) is 2.87. The van der Waals surface area contributed by atoms with Crippen molar-refractivity contribution in [3.05, 3.63) is 23.6 Å². The molecular weight excluding hydrogens is 205 g/mol. The lowest BCUT2D eigenvalue weighted by Crippen LogP contribution is -2.34. The van der Waals surface area contributed by atoms with Crippen molar-refractivity contribution >= 4 is 5.82 Å². The predicted molar refractivity (Wildman–Crippen MR) is 64.9 cm³/mol. The first-order chi connectivity index (χ1) is 7.63. The van der Waals surface area contributed by atoms with Gasteiger partial charge in [-0.3, -0.25) is 0 Å². The standard InChI is InChI=1S/C12H20FN3/c1-4-9(3)16(5-2)12-10(7-14)6-11(13)8-15-12/h6,8-9H,4-5,7,14H2,1-3H3. The molecule has 3 nitrogen and oxygen atoms in total. The maximum absolute atomic E-state index is 13.0. The lowest BCUT2D eigenvalue weighted by molar-refractivity contribution is 0.601. The molecule has 1 rings (SSSR count). The van der Waals surface area contributed by atoms with Crippen LogP contribution in [0.15, 0.2) is 12.3 Å². The Morgan fingerprint density at radius 3 is 2.69 bits per heavy atom.